The summed E-state index contributed by atoms with van der Waals surface area (Å²) in [7, 11) is 0. The van der Waals surface area contributed by atoms with E-state index in [4.69, 9.17) is 4.74 Å². The highest BCUT2D eigenvalue weighted by Gasteiger charge is 2.15. The molecular formula is C22H26FN5O. The molecule has 3 aromatic rings. The SMILES string of the molecule is Fc1ccccc1Cn1nc(CNCCN2CCOCC2)c(-c2ccccc2)n1. The maximum Gasteiger partial charge on any atom is 0.128 e. The largest absolute Gasteiger partial charge is 0.379 e. The van der Waals surface area contributed by atoms with E-state index in [1.165, 1.54) is 6.07 Å². The van der Waals surface area contributed by atoms with Crippen molar-refractivity contribution in [3.05, 3.63) is 71.7 Å². The van der Waals surface area contributed by atoms with Crippen LogP contribution in [-0.2, 0) is 17.8 Å². The third-order valence-electron chi connectivity index (χ3n) is 5.04. The Labute approximate surface area is 170 Å². The molecule has 2 heterocycles. The van der Waals surface area contributed by atoms with Gasteiger partial charge in [-0.2, -0.15) is 15.0 Å². The number of benzene rings is 2. The molecule has 2 aromatic carbocycles. The summed E-state index contributed by atoms with van der Waals surface area (Å²) in [5, 5.41) is 12.8. The Morgan fingerprint density at radius 2 is 1.72 bits per heavy atom. The van der Waals surface area contributed by atoms with Crippen molar-refractivity contribution in [1.82, 2.24) is 25.2 Å². The highest BCUT2D eigenvalue weighted by molar-refractivity contribution is 5.60. The highest BCUT2D eigenvalue weighted by atomic mass is 19.1. The Bertz CT molecular complexity index is 909. The Kier molecular flexibility index (Phi) is 6.61. The fourth-order valence-corrected chi connectivity index (χ4v) is 3.44. The maximum atomic E-state index is 14.0. The van der Waals surface area contributed by atoms with E-state index in [1.54, 1.807) is 16.9 Å². The van der Waals surface area contributed by atoms with Crippen molar-refractivity contribution in [3.8, 4) is 11.3 Å². The minimum Gasteiger partial charge on any atom is -0.379 e. The second kappa shape index (κ2) is 9.73. The van der Waals surface area contributed by atoms with Crippen LogP contribution in [0.5, 0.6) is 0 Å². The lowest BCUT2D eigenvalue weighted by Crippen LogP contribution is -2.40. The van der Waals surface area contributed by atoms with Crippen molar-refractivity contribution >= 4 is 0 Å². The van der Waals surface area contributed by atoms with Crippen LogP contribution in [0.1, 0.15) is 11.3 Å². The van der Waals surface area contributed by atoms with Crippen LogP contribution in [0.2, 0.25) is 0 Å². The molecule has 0 saturated carbocycles. The van der Waals surface area contributed by atoms with Crippen molar-refractivity contribution in [1.29, 1.82) is 0 Å². The zero-order valence-corrected chi connectivity index (χ0v) is 16.4. The topological polar surface area (TPSA) is 55.2 Å². The van der Waals surface area contributed by atoms with Gasteiger partial charge in [0.05, 0.1) is 19.8 Å². The molecule has 0 spiro atoms. The number of halogens is 1. The summed E-state index contributed by atoms with van der Waals surface area (Å²) in [5.74, 6) is -0.240. The summed E-state index contributed by atoms with van der Waals surface area (Å²) in [4.78, 5) is 3.98. The first-order chi connectivity index (χ1) is 14.3. The normalized spacial score (nSPS) is 14.9. The molecule has 6 nitrogen and oxygen atoms in total. The molecular weight excluding hydrogens is 369 g/mol. The second-order valence-electron chi connectivity index (χ2n) is 7.11. The van der Waals surface area contributed by atoms with Gasteiger partial charge in [-0.3, -0.25) is 4.90 Å². The average Bonchev–Trinajstić information content (AvgIpc) is 3.17. The molecule has 0 bridgehead atoms. The van der Waals surface area contributed by atoms with Gasteiger partial charge in [0.15, 0.2) is 0 Å². The zero-order chi connectivity index (χ0) is 19.9. The molecule has 4 rings (SSSR count). The molecule has 7 heteroatoms. The summed E-state index contributed by atoms with van der Waals surface area (Å²) in [6.45, 7) is 6.35. The quantitative estimate of drug-likeness (QED) is 0.594. The molecule has 0 amide bonds. The van der Waals surface area contributed by atoms with Crippen LogP contribution in [0.4, 0.5) is 4.39 Å². The van der Waals surface area contributed by atoms with E-state index in [2.05, 4.69) is 20.4 Å². The smallest absolute Gasteiger partial charge is 0.128 e. The number of aromatic nitrogens is 3. The summed E-state index contributed by atoms with van der Waals surface area (Å²) in [6.07, 6.45) is 0. The molecule has 1 aromatic heterocycles. The zero-order valence-electron chi connectivity index (χ0n) is 16.4. The third kappa shape index (κ3) is 5.26. The van der Waals surface area contributed by atoms with Gasteiger partial charge in [0.25, 0.3) is 0 Å². The Morgan fingerprint density at radius 3 is 2.52 bits per heavy atom. The van der Waals surface area contributed by atoms with Crippen LogP contribution in [-0.4, -0.2) is 59.3 Å². The lowest BCUT2D eigenvalue weighted by Gasteiger charge is -2.26. The van der Waals surface area contributed by atoms with E-state index in [1.807, 2.05) is 36.4 Å². The summed E-state index contributed by atoms with van der Waals surface area (Å²) >= 11 is 0. The summed E-state index contributed by atoms with van der Waals surface area (Å²) in [6, 6.07) is 16.7. The van der Waals surface area contributed by atoms with Gasteiger partial charge < -0.3 is 10.1 Å². The number of rotatable bonds is 8. The molecule has 0 atom stereocenters. The number of nitrogens with one attached hydrogen (secondary N) is 1. The predicted molar refractivity (Wildman–Crippen MR) is 110 cm³/mol. The van der Waals surface area contributed by atoms with E-state index >= 15 is 0 Å². The first-order valence-electron chi connectivity index (χ1n) is 10.0. The molecule has 0 radical (unpaired) electrons. The molecule has 1 fully saturated rings. The van der Waals surface area contributed by atoms with Crippen LogP contribution in [0.3, 0.4) is 0 Å². The van der Waals surface area contributed by atoms with E-state index in [9.17, 15) is 4.39 Å². The first kappa shape index (κ1) is 19.7. The lowest BCUT2D eigenvalue weighted by atomic mass is 10.1. The Hall–Kier alpha value is -2.61. The molecule has 1 aliphatic heterocycles. The van der Waals surface area contributed by atoms with Gasteiger partial charge in [-0.15, -0.1) is 0 Å². The fraction of sp³-hybridized carbons (Fsp3) is 0.364. The minimum absolute atomic E-state index is 0.240. The molecule has 1 saturated heterocycles. The average molecular weight is 395 g/mol. The number of hydrogen-bond acceptors (Lipinski definition) is 5. The molecule has 152 valence electrons. The summed E-state index contributed by atoms with van der Waals surface area (Å²) < 4.78 is 19.4. The lowest BCUT2D eigenvalue weighted by molar-refractivity contribution is 0.0384. The highest BCUT2D eigenvalue weighted by Crippen LogP contribution is 2.20. The van der Waals surface area contributed by atoms with E-state index < -0.39 is 0 Å². The van der Waals surface area contributed by atoms with Crippen molar-refractivity contribution in [2.24, 2.45) is 0 Å². The minimum atomic E-state index is -0.240. The van der Waals surface area contributed by atoms with Gasteiger partial charge in [-0.05, 0) is 6.07 Å². The van der Waals surface area contributed by atoms with Crippen molar-refractivity contribution in [2.75, 3.05) is 39.4 Å². The predicted octanol–water partition coefficient (Wildman–Crippen LogP) is 2.55. The van der Waals surface area contributed by atoms with Gasteiger partial charge in [0, 0.05) is 43.9 Å². The number of nitrogens with zero attached hydrogens (tertiary/aromatic N) is 4. The molecule has 29 heavy (non-hydrogen) atoms. The van der Waals surface area contributed by atoms with Gasteiger partial charge in [-0.25, -0.2) is 4.39 Å². The molecule has 1 aliphatic rings. The molecule has 1 N–H and O–H groups in total. The van der Waals surface area contributed by atoms with Gasteiger partial charge >= 0.3 is 0 Å². The fourth-order valence-electron chi connectivity index (χ4n) is 3.44. The number of hydrogen-bond donors (Lipinski definition) is 1. The van der Waals surface area contributed by atoms with Crippen molar-refractivity contribution < 1.29 is 9.13 Å². The van der Waals surface area contributed by atoms with Gasteiger partial charge in [0.1, 0.15) is 17.2 Å². The standard InChI is InChI=1S/C22H26FN5O/c23-20-9-5-4-8-19(20)17-28-25-21(22(26-28)18-6-2-1-3-7-18)16-24-10-11-27-12-14-29-15-13-27/h1-9,24H,10-17H2. The van der Waals surface area contributed by atoms with Gasteiger partial charge in [0.2, 0.25) is 0 Å². The number of ether oxygens (including phenoxy) is 1. The van der Waals surface area contributed by atoms with E-state index in [-0.39, 0.29) is 5.82 Å². The third-order valence-corrected chi connectivity index (χ3v) is 5.04. The van der Waals surface area contributed by atoms with Crippen LogP contribution in [0.15, 0.2) is 54.6 Å². The maximum absolute atomic E-state index is 14.0. The number of morpholine rings is 1. The Balaban J connectivity index is 1.45. The molecule has 0 unspecified atom stereocenters. The monoisotopic (exact) mass is 395 g/mol. The van der Waals surface area contributed by atoms with E-state index in [0.717, 1.165) is 56.3 Å². The first-order valence-corrected chi connectivity index (χ1v) is 10.0. The van der Waals surface area contributed by atoms with Crippen LogP contribution < -0.4 is 5.32 Å². The van der Waals surface area contributed by atoms with Crippen molar-refractivity contribution in [3.63, 3.8) is 0 Å². The van der Waals surface area contributed by atoms with Crippen molar-refractivity contribution in [2.45, 2.75) is 13.1 Å². The second-order valence-corrected chi connectivity index (χ2v) is 7.11. The Morgan fingerprint density at radius 1 is 0.966 bits per heavy atom. The van der Waals surface area contributed by atoms with Gasteiger partial charge in [-0.1, -0.05) is 48.5 Å². The molecule has 0 aliphatic carbocycles. The van der Waals surface area contributed by atoms with Crippen LogP contribution >= 0.6 is 0 Å². The van der Waals surface area contributed by atoms with E-state index in [0.29, 0.717) is 18.7 Å². The summed E-state index contributed by atoms with van der Waals surface area (Å²) in [5.41, 5.74) is 3.29. The van der Waals surface area contributed by atoms with Crippen LogP contribution in [0.25, 0.3) is 11.3 Å². The van der Waals surface area contributed by atoms with Crippen LogP contribution in [0, 0.1) is 5.82 Å².